The van der Waals surface area contributed by atoms with Crippen LogP contribution in [0.1, 0.15) is 47.0 Å². The van der Waals surface area contributed by atoms with Crippen LogP contribution in [0.15, 0.2) is 12.2 Å². The maximum absolute atomic E-state index is 11.4. The highest BCUT2D eigenvalue weighted by Gasteiger charge is 2.17. The molecule has 0 aliphatic heterocycles. The molecule has 2 heteroatoms. The smallest absolute Gasteiger partial charge is 0.138 e. The van der Waals surface area contributed by atoms with Crippen LogP contribution in [0.2, 0.25) is 0 Å². The highest BCUT2D eigenvalue weighted by atomic mass is 16.1. The van der Waals surface area contributed by atoms with Crippen molar-refractivity contribution in [1.82, 2.24) is 0 Å². The van der Waals surface area contributed by atoms with Crippen molar-refractivity contribution in [2.45, 2.75) is 53.0 Å². The van der Waals surface area contributed by atoms with Gasteiger partial charge in [0.25, 0.3) is 0 Å². The molecule has 1 atom stereocenters. The van der Waals surface area contributed by atoms with Crippen molar-refractivity contribution in [3.05, 3.63) is 12.2 Å². The van der Waals surface area contributed by atoms with Crippen LogP contribution in [-0.2, 0) is 4.79 Å². The van der Waals surface area contributed by atoms with Crippen LogP contribution in [0.5, 0.6) is 0 Å². The third kappa shape index (κ3) is 7.99. The first-order valence-electron chi connectivity index (χ1n) is 5.12. The molecule has 0 fully saturated rings. The average molecular weight is 197 g/mol. The van der Waals surface area contributed by atoms with Gasteiger partial charge in [-0.05, 0) is 18.8 Å². The standard InChI is InChI=1S/C12H23NO/c1-9(2)6-11(14)7-10(13)8-12(3,4)5/h10H,1,6-8,13H2,2-5H3. The number of rotatable bonds is 5. The van der Waals surface area contributed by atoms with E-state index in [1.807, 2.05) is 6.92 Å². The topological polar surface area (TPSA) is 43.1 Å². The van der Waals surface area contributed by atoms with Gasteiger partial charge in [-0.3, -0.25) is 4.79 Å². The lowest BCUT2D eigenvalue weighted by Gasteiger charge is -2.22. The Morgan fingerprint density at radius 2 is 1.93 bits per heavy atom. The van der Waals surface area contributed by atoms with Crippen molar-refractivity contribution in [1.29, 1.82) is 0 Å². The van der Waals surface area contributed by atoms with E-state index in [4.69, 9.17) is 5.73 Å². The third-order valence-electron chi connectivity index (χ3n) is 1.86. The molecule has 14 heavy (non-hydrogen) atoms. The lowest BCUT2D eigenvalue weighted by atomic mass is 9.86. The fourth-order valence-corrected chi connectivity index (χ4v) is 1.56. The van der Waals surface area contributed by atoms with Gasteiger partial charge in [-0.1, -0.05) is 32.9 Å². The molecule has 0 aliphatic rings. The van der Waals surface area contributed by atoms with Crippen LogP contribution in [0.25, 0.3) is 0 Å². The number of Topliss-reactive ketones (excluding diaryl/α,β-unsaturated/α-hetero) is 1. The van der Waals surface area contributed by atoms with Gasteiger partial charge in [-0.25, -0.2) is 0 Å². The largest absolute Gasteiger partial charge is 0.327 e. The molecule has 82 valence electrons. The molecule has 1 unspecified atom stereocenters. The first-order chi connectivity index (χ1) is 6.20. The second-order valence-corrected chi connectivity index (χ2v) is 5.40. The van der Waals surface area contributed by atoms with Gasteiger partial charge in [0.1, 0.15) is 5.78 Å². The van der Waals surface area contributed by atoms with Crippen LogP contribution >= 0.6 is 0 Å². The Bertz CT molecular complexity index is 213. The maximum atomic E-state index is 11.4. The number of carbonyl (C=O) groups is 1. The van der Waals surface area contributed by atoms with E-state index in [0.717, 1.165) is 12.0 Å². The second-order valence-electron chi connectivity index (χ2n) is 5.40. The minimum atomic E-state index is -0.0122. The molecule has 0 bridgehead atoms. The third-order valence-corrected chi connectivity index (χ3v) is 1.86. The normalized spacial score (nSPS) is 13.8. The van der Waals surface area contributed by atoms with E-state index in [9.17, 15) is 4.79 Å². The molecule has 0 heterocycles. The van der Waals surface area contributed by atoms with Crippen molar-refractivity contribution < 1.29 is 4.79 Å². The predicted molar refractivity (Wildman–Crippen MR) is 61.1 cm³/mol. The van der Waals surface area contributed by atoms with E-state index < -0.39 is 0 Å². The summed E-state index contributed by atoms with van der Waals surface area (Å²) >= 11 is 0. The molecule has 0 amide bonds. The zero-order valence-corrected chi connectivity index (χ0v) is 9.89. The Morgan fingerprint density at radius 3 is 2.29 bits per heavy atom. The maximum Gasteiger partial charge on any atom is 0.138 e. The Morgan fingerprint density at radius 1 is 1.43 bits per heavy atom. The van der Waals surface area contributed by atoms with Crippen LogP contribution in [0, 0.1) is 5.41 Å². The van der Waals surface area contributed by atoms with E-state index in [1.54, 1.807) is 0 Å². The molecule has 0 saturated heterocycles. The lowest BCUT2D eigenvalue weighted by molar-refractivity contribution is -0.118. The first kappa shape index (κ1) is 13.4. The summed E-state index contributed by atoms with van der Waals surface area (Å²) in [6.07, 6.45) is 1.83. The fraction of sp³-hybridized carbons (Fsp3) is 0.750. The zero-order chi connectivity index (χ0) is 11.4. The minimum Gasteiger partial charge on any atom is -0.327 e. The van der Waals surface area contributed by atoms with Gasteiger partial charge in [-0.2, -0.15) is 0 Å². The number of hydrogen-bond donors (Lipinski definition) is 1. The summed E-state index contributed by atoms with van der Waals surface area (Å²) in [5.41, 5.74) is 7.00. The highest BCUT2D eigenvalue weighted by Crippen LogP contribution is 2.21. The number of nitrogens with two attached hydrogens (primary N) is 1. The van der Waals surface area contributed by atoms with Crippen LogP contribution in [0.3, 0.4) is 0 Å². The van der Waals surface area contributed by atoms with Crippen molar-refractivity contribution in [2.75, 3.05) is 0 Å². The molecular formula is C12H23NO. The van der Waals surface area contributed by atoms with E-state index >= 15 is 0 Å². The highest BCUT2D eigenvalue weighted by molar-refractivity contribution is 5.81. The molecule has 0 aromatic heterocycles. The lowest BCUT2D eigenvalue weighted by Crippen LogP contribution is -2.28. The summed E-state index contributed by atoms with van der Waals surface area (Å²) < 4.78 is 0. The van der Waals surface area contributed by atoms with Crippen molar-refractivity contribution >= 4 is 5.78 Å². The monoisotopic (exact) mass is 197 g/mol. The van der Waals surface area contributed by atoms with Gasteiger partial charge in [0, 0.05) is 18.9 Å². The summed E-state index contributed by atoms with van der Waals surface area (Å²) in [6, 6.07) is -0.0122. The molecule has 0 aliphatic carbocycles. The van der Waals surface area contributed by atoms with Gasteiger partial charge < -0.3 is 5.73 Å². The fourth-order valence-electron chi connectivity index (χ4n) is 1.56. The zero-order valence-electron chi connectivity index (χ0n) is 9.89. The summed E-state index contributed by atoms with van der Waals surface area (Å²) in [6.45, 7) is 12.0. The van der Waals surface area contributed by atoms with Gasteiger partial charge in [0.05, 0.1) is 0 Å². The van der Waals surface area contributed by atoms with Crippen LogP contribution in [-0.4, -0.2) is 11.8 Å². The van der Waals surface area contributed by atoms with Gasteiger partial charge in [0.2, 0.25) is 0 Å². The molecule has 0 aromatic carbocycles. The number of allylic oxidation sites excluding steroid dienone is 1. The van der Waals surface area contributed by atoms with Crippen molar-refractivity contribution in [3.63, 3.8) is 0 Å². The summed E-state index contributed by atoms with van der Waals surface area (Å²) in [5.74, 6) is 0.203. The van der Waals surface area contributed by atoms with E-state index in [2.05, 4.69) is 27.4 Å². The molecule has 2 nitrogen and oxygen atoms in total. The Kier molecular flexibility index (Phi) is 5.06. The number of ketones is 1. The van der Waals surface area contributed by atoms with Gasteiger partial charge in [-0.15, -0.1) is 0 Å². The number of hydrogen-bond acceptors (Lipinski definition) is 2. The van der Waals surface area contributed by atoms with E-state index in [0.29, 0.717) is 12.8 Å². The molecule has 0 radical (unpaired) electrons. The molecular weight excluding hydrogens is 174 g/mol. The van der Waals surface area contributed by atoms with Crippen molar-refractivity contribution in [3.8, 4) is 0 Å². The molecule has 0 aromatic rings. The SMILES string of the molecule is C=C(C)CC(=O)CC(N)CC(C)(C)C. The first-order valence-corrected chi connectivity index (χ1v) is 5.12. The quantitative estimate of drug-likeness (QED) is 0.689. The predicted octanol–water partition coefficient (Wildman–Crippen LogP) is 2.68. The Balaban J connectivity index is 3.89. The Hall–Kier alpha value is -0.630. The molecule has 0 rings (SSSR count). The summed E-state index contributed by atoms with van der Waals surface area (Å²) in [5, 5.41) is 0. The summed E-state index contributed by atoms with van der Waals surface area (Å²) in [7, 11) is 0. The minimum absolute atomic E-state index is 0.0122. The van der Waals surface area contributed by atoms with E-state index in [-0.39, 0.29) is 17.2 Å². The molecule has 0 spiro atoms. The van der Waals surface area contributed by atoms with E-state index in [1.165, 1.54) is 0 Å². The Labute approximate surface area is 87.6 Å². The van der Waals surface area contributed by atoms with Crippen molar-refractivity contribution in [2.24, 2.45) is 11.1 Å². The van der Waals surface area contributed by atoms with Crippen LogP contribution in [0.4, 0.5) is 0 Å². The van der Waals surface area contributed by atoms with Crippen LogP contribution < -0.4 is 5.73 Å². The molecule has 0 saturated carbocycles. The second kappa shape index (κ2) is 5.30. The molecule has 2 N–H and O–H groups in total. The van der Waals surface area contributed by atoms with Gasteiger partial charge in [0.15, 0.2) is 0 Å². The van der Waals surface area contributed by atoms with Gasteiger partial charge >= 0.3 is 0 Å². The summed E-state index contributed by atoms with van der Waals surface area (Å²) in [4.78, 5) is 11.4. The average Bonchev–Trinajstić information content (AvgIpc) is 1.77. The number of carbonyl (C=O) groups excluding carboxylic acids is 1.